The summed E-state index contributed by atoms with van der Waals surface area (Å²) in [4.78, 5) is 0.00881. The van der Waals surface area contributed by atoms with E-state index in [1.54, 1.807) is 6.92 Å². The van der Waals surface area contributed by atoms with E-state index in [9.17, 15) is 8.42 Å². The maximum absolute atomic E-state index is 12.5. The number of rotatable bonds is 4. The Bertz CT molecular complexity index is 609. The Morgan fingerprint density at radius 3 is 2.50 bits per heavy atom. The van der Waals surface area contributed by atoms with Crippen LogP contribution in [0.2, 0.25) is 0 Å². The van der Waals surface area contributed by atoms with E-state index in [1.807, 2.05) is 0 Å². The molecule has 20 heavy (non-hydrogen) atoms. The summed E-state index contributed by atoms with van der Waals surface area (Å²) in [7, 11) is -3.85. The van der Waals surface area contributed by atoms with Gasteiger partial charge in [0.1, 0.15) is 10.6 Å². The molecule has 1 aliphatic carbocycles. The van der Waals surface area contributed by atoms with Gasteiger partial charge in [-0.15, -0.1) is 0 Å². The molecule has 0 radical (unpaired) electrons. The molecule has 1 aromatic rings. The molecule has 0 unspecified atom stereocenters. The number of nitrogens with two attached hydrogens (primary N) is 1. The molecule has 0 spiro atoms. The van der Waals surface area contributed by atoms with Crippen LogP contribution in [0, 0.1) is 13.8 Å². The van der Waals surface area contributed by atoms with Gasteiger partial charge in [-0.1, -0.05) is 23.2 Å². The number of sulfonamides is 1. The number of amidine groups is 1. The third-order valence-electron chi connectivity index (χ3n) is 3.62. The zero-order valence-electron chi connectivity index (χ0n) is 11.4. The molecule has 0 amide bonds. The second kappa shape index (κ2) is 5.06. The molecule has 0 aromatic carbocycles. The van der Waals surface area contributed by atoms with Crippen LogP contribution in [0.15, 0.2) is 14.6 Å². The van der Waals surface area contributed by atoms with Gasteiger partial charge in [0.25, 0.3) is 0 Å². The third kappa shape index (κ3) is 2.38. The number of oxime groups is 1. The summed E-state index contributed by atoms with van der Waals surface area (Å²) >= 11 is 0. The molecule has 9 heteroatoms. The van der Waals surface area contributed by atoms with Crippen LogP contribution in [0.4, 0.5) is 0 Å². The normalized spacial score (nSPS) is 19.4. The lowest BCUT2D eigenvalue weighted by molar-refractivity contribution is 0.309. The molecular weight excluding hydrogens is 284 g/mol. The van der Waals surface area contributed by atoms with Crippen molar-refractivity contribution in [3.05, 3.63) is 11.5 Å². The summed E-state index contributed by atoms with van der Waals surface area (Å²) in [5.41, 5.74) is 4.93. The topological polar surface area (TPSA) is 131 Å². The predicted molar refractivity (Wildman–Crippen MR) is 70.9 cm³/mol. The fourth-order valence-electron chi connectivity index (χ4n) is 2.65. The summed E-state index contributed by atoms with van der Waals surface area (Å²) in [6, 6.07) is 0. The first-order valence-corrected chi connectivity index (χ1v) is 7.75. The SMILES string of the molecule is Cc1noc(C)c1S(=O)(=O)NC1(/C(N)=N/O)CCCC1. The van der Waals surface area contributed by atoms with Gasteiger partial charge in [0, 0.05) is 0 Å². The summed E-state index contributed by atoms with van der Waals surface area (Å²) in [5.74, 6) is 0.0907. The molecule has 0 bridgehead atoms. The first-order chi connectivity index (χ1) is 9.32. The second-order valence-corrected chi connectivity index (χ2v) is 6.65. The lowest BCUT2D eigenvalue weighted by Gasteiger charge is -2.28. The molecule has 0 aliphatic heterocycles. The first-order valence-electron chi connectivity index (χ1n) is 6.27. The zero-order valence-corrected chi connectivity index (χ0v) is 12.2. The molecule has 0 atom stereocenters. The first kappa shape index (κ1) is 14.8. The average molecular weight is 302 g/mol. The minimum atomic E-state index is -3.85. The van der Waals surface area contributed by atoms with Crippen LogP contribution in [0.1, 0.15) is 37.1 Å². The van der Waals surface area contributed by atoms with E-state index in [2.05, 4.69) is 15.0 Å². The average Bonchev–Trinajstić information content (AvgIpc) is 2.96. The highest BCUT2D eigenvalue weighted by Gasteiger charge is 2.43. The van der Waals surface area contributed by atoms with Gasteiger partial charge < -0.3 is 15.5 Å². The van der Waals surface area contributed by atoms with Gasteiger partial charge >= 0.3 is 0 Å². The summed E-state index contributed by atoms with van der Waals surface area (Å²) in [5, 5.41) is 15.5. The fraction of sp³-hybridized carbons (Fsp3) is 0.636. The molecular formula is C11H18N4O4S. The van der Waals surface area contributed by atoms with Gasteiger partial charge in [-0.25, -0.2) is 8.42 Å². The summed E-state index contributed by atoms with van der Waals surface area (Å²) < 4.78 is 32.5. The van der Waals surface area contributed by atoms with E-state index in [1.165, 1.54) is 6.92 Å². The Balaban J connectivity index is 2.41. The molecule has 1 aromatic heterocycles. The van der Waals surface area contributed by atoms with E-state index in [0.29, 0.717) is 12.8 Å². The Morgan fingerprint density at radius 1 is 1.45 bits per heavy atom. The molecule has 1 heterocycles. The van der Waals surface area contributed by atoms with Gasteiger partial charge in [0.05, 0.1) is 5.54 Å². The minimum Gasteiger partial charge on any atom is -0.409 e. The molecule has 4 N–H and O–H groups in total. The van der Waals surface area contributed by atoms with E-state index in [4.69, 9.17) is 15.5 Å². The smallest absolute Gasteiger partial charge is 0.246 e. The van der Waals surface area contributed by atoms with Gasteiger partial charge in [-0.3, -0.25) is 0 Å². The lowest BCUT2D eigenvalue weighted by Crippen LogP contribution is -2.55. The molecule has 0 saturated heterocycles. The standard InChI is InChI=1S/C11H18N4O4S/c1-7-9(8(2)19-14-7)20(17,18)15-11(10(12)13-16)5-3-4-6-11/h15-16H,3-6H2,1-2H3,(H2,12,13). The van der Waals surface area contributed by atoms with Crippen LogP contribution in [0.3, 0.4) is 0 Å². The van der Waals surface area contributed by atoms with Gasteiger partial charge in [-0.05, 0) is 26.7 Å². The molecule has 1 aliphatic rings. The lowest BCUT2D eigenvalue weighted by atomic mass is 9.98. The largest absolute Gasteiger partial charge is 0.409 e. The van der Waals surface area contributed by atoms with Crippen LogP contribution in [0.5, 0.6) is 0 Å². The monoisotopic (exact) mass is 302 g/mol. The molecule has 2 rings (SSSR count). The van der Waals surface area contributed by atoms with Gasteiger partial charge in [0.15, 0.2) is 11.6 Å². The number of nitrogens with one attached hydrogen (secondary N) is 1. The number of aryl methyl sites for hydroxylation is 2. The molecule has 8 nitrogen and oxygen atoms in total. The highest BCUT2D eigenvalue weighted by Crippen LogP contribution is 2.32. The number of aromatic nitrogens is 1. The van der Waals surface area contributed by atoms with Gasteiger partial charge in [-0.2, -0.15) is 4.72 Å². The van der Waals surface area contributed by atoms with Crippen molar-refractivity contribution < 1.29 is 18.1 Å². The van der Waals surface area contributed by atoms with Crippen molar-refractivity contribution in [1.29, 1.82) is 0 Å². The number of nitrogens with zero attached hydrogens (tertiary/aromatic N) is 2. The maximum atomic E-state index is 12.5. The van der Waals surface area contributed by atoms with E-state index in [0.717, 1.165) is 12.8 Å². The van der Waals surface area contributed by atoms with Crippen LogP contribution >= 0.6 is 0 Å². The molecule has 112 valence electrons. The van der Waals surface area contributed by atoms with Crippen molar-refractivity contribution in [3.63, 3.8) is 0 Å². The van der Waals surface area contributed by atoms with Crippen LogP contribution < -0.4 is 10.5 Å². The molecule has 1 saturated carbocycles. The van der Waals surface area contributed by atoms with Crippen LogP contribution in [-0.4, -0.2) is 30.2 Å². The van der Waals surface area contributed by atoms with E-state index < -0.39 is 15.6 Å². The Hall–Kier alpha value is -1.61. The van der Waals surface area contributed by atoms with Gasteiger partial charge in [0.2, 0.25) is 10.0 Å². The highest BCUT2D eigenvalue weighted by molar-refractivity contribution is 7.89. The minimum absolute atomic E-state index is 0.00881. The van der Waals surface area contributed by atoms with Crippen molar-refractivity contribution >= 4 is 15.9 Å². The van der Waals surface area contributed by atoms with Crippen molar-refractivity contribution in [3.8, 4) is 0 Å². The Labute approximate surface area is 117 Å². The Morgan fingerprint density at radius 2 is 2.05 bits per heavy atom. The third-order valence-corrected chi connectivity index (χ3v) is 5.40. The summed E-state index contributed by atoms with van der Waals surface area (Å²) in [6.45, 7) is 3.08. The van der Waals surface area contributed by atoms with E-state index >= 15 is 0 Å². The van der Waals surface area contributed by atoms with E-state index in [-0.39, 0.29) is 22.2 Å². The van der Waals surface area contributed by atoms with Crippen molar-refractivity contribution in [2.45, 2.75) is 50.0 Å². The molecule has 1 fully saturated rings. The maximum Gasteiger partial charge on any atom is 0.246 e. The number of hydrogen-bond donors (Lipinski definition) is 3. The fourth-order valence-corrected chi connectivity index (χ4v) is 4.42. The van der Waals surface area contributed by atoms with Crippen molar-refractivity contribution in [2.75, 3.05) is 0 Å². The quantitative estimate of drug-likeness (QED) is 0.323. The van der Waals surface area contributed by atoms with Crippen molar-refractivity contribution in [1.82, 2.24) is 9.88 Å². The highest BCUT2D eigenvalue weighted by atomic mass is 32.2. The second-order valence-electron chi connectivity index (χ2n) is 5.03. The zero-order chi connectivity index (χ0) is 15.0. The Kier molecular flexibility index (Phi) is 3.74. The van der Waals surface area contributed by atoms with Crippen LogP contribution in [0.25, 0.3) is 0 Å². The van der Waals surface area contributed by atoms with Crippen LogP contribution in [-0.2, 0) is 10.0 Å². The summed E-state index contributed by atoms with van der Waals surface area (Å²) in [6.07, 6.45) is 2.59. The number of hydrogen-bond acceptors (Lipinski definition) is 6. The predicted octanol–water partition coefficient (Wildman–Crippen LogP) is 0.629. The van der Waals surface area contributed by atoms with Crippen molar-refractivity contribution in [2.24, 2.45) is 10.9 Å².